The van der Waals surface area contributed by atoms with E-state index in [9.17, 15) is 4.21 Å². The number of rotatable bonds is 4. The molecule has 0 fully saturated rings. The summed E-state index contributed by atoms with van der Waals surface area (Å²) in [7, 11) is 0.632. The lowest BCUT2D eigenvalue weighted by molar-refractivity contribution is 0.414. The van der Waals surface area contributed by atoms with Crippen LogP contribution in [0.4, 0.5) is 0 Å². The van der Waals surface area contributed by atoms with E-state index in [0.717, 1.165) is 16.2 Å². The molecule has 0 aliphatic rings. The van der Waals surface area contributed by atoms with Crippen LogP contribution in [0.25, 0.3) is 0 Å². The van der Waals surface area contributed by atoms with Crippen molar-refractivity contribution in [2.45, 2.75) is 10.6 Å². The highest BCUT2D eigenvalue weighted by atomic mass is 32.2. The van der Waals surface area contributed by atoms with Crippen LogP contribution in [-0.4, -0.2) is 11.3 Å². The highest BCUT2D eigenvalue weighted by Crippen LogP contribution is 2.16. The zero-order valence-electron chi connectivity index (χ0n) is 9.63. The summed E-state index contributed by atoms with van der Waals surface area (Å²) >= 11 is 0. The van der Waals surface area contributed by atoms with Crippen LogP contribution in [0.15, 0.2) is 59.5 Å². The minimum atomic E-state index is -1.00. The standard InChI is InChI=1S/C14H14O2S/c1-16-13-7-5-6-12(10-13)11-17(15)14-8-3-2-4-9-14/h2-10H,11H2,1H3. The lowest BCUT2D eigenvalue weighted by Crippen LogP contribution is -1.96. The Morgan fingerprint density at radius 1 is 1.06 bits per heavy atom. The Bertz CT molecular complexity index is 509. The lowest BCUT2D eigenvalue weighted by Gasteiger charge is -2.04. The minimum absolute atomic E-state index is 0.515. The molecule has 0 aliphatic heterocycles. The van der Waals surface area contributed by atoms with Crippen molar-refractivity contribution in [2.75, 3.05) is 7.11 Å². The summed E-state index contributed by atoms with van der Waals surface area (Å²) in [5.41, 5.74) is 1.02. The van der Waals surface area contributed by atoms with Crippen molar-refractivity contribution in [2.24, 2.45) is 0 Å². The van der Waals surface area contributed by atoms with Gasteiger partial charge in [-0.25, -0.2) is 0 Å². The molecule has 0 radical (unpaired) electrons. The van der Waals surface area contributed by atoms with Crippen molar-refractivity contribution < 1.29 is 8.95 Å². The topological polar surface area (TPSA) is 26.3 Å². The van der Waals surface area contributed by atoms with Gasteiger partial charge in [0.25, 0.3) is 0 Å². The van der Waals surface area contributed by atoms with Crippen LogP contribution in [-0.2, 0) is 16.6 Å². The molecule has 1 unspecified atom stereocenters. The highest BCUT2D eigenvalue weighted by Gasteiger charge is 2.05. The van der Waals surface area contributed by atoms with Crippen LogP contribution in [0.1, 0.15) is 5.56 Å². The summed E-state index contributed by atoms with van der Waals surface area (Å²) in [6.07, 6.45) is 0. The van der Waals surface area contributed by atoms with Gasteiger partial charge in [0.2, 0.25) is 0 Å². The molecular formula is C14H14O2S. The molecule has 2 aromatic rings. The van der Waals surface area contributed by atoms with Crippen molar-refractivity contribution in [1.82, 2.24) is 0 Å². The van der Waals surface area contributed by atoms with Gasteiger partial charge in [-0.15, -0.1) is 0 Å². The Balaban J connectivity index is 2.13. The summed E-state index contributed by atoms with van der Waals surface area (Å²) in [5, 5.41) is 0. The summed E-state index contributed by atoms with van der Waals surface area (Å²) in [5.74, 6) is 1.31. The molecule has 2 aromatic carbocycles. The third-order valence-electron chi connectivity index (χ3n) is 2.44. The van der Waals surface area contributed by atoms with Gasteiger partial charge in [0.1, 0.15) is 5.75 Å². The summed E-state index contributed by atoms with van der Waals surface area (Å²) in [4.78, 5) is 0.857. The van der Waals surface area contributed by atoms with Crippen LogP contribution in [0, 0.1) is 0 Å². The van der Waals surface area contributed by atoms with Gasteiger partial charge >= 0.3 is 0 Å². The molecule has 3 heteroatoms. The quantitative estimate of drug-likeness (QED) is 0.829. The van der Waals surface area contributed by atoms with Gasteiger partial charge < -0.3 is 4.74 Å². The predicted octanol–water partition coefficient (Wildman–Crippen LogP) is 3.00. The first-order chi connectivity index (χ1) is 8.29. The largest absolute Gasteiger partial charge is 0.497 e. The molecule has 88 valence electrons. The Morgan fingerprint density at radius 3 is 2.53 bits per heavy atom. The molecule has 0 bridgehead atoms. The fourth-order valence-electron chi connectivity index (χ4n) is 1.57. The second-order valence-electron chi connectivity index (χ2n) is 3.65. The van der Waals surface area contributed by atoms with Crippen molar-refractivity contribution in [1.29, 1.82) is 0 Å². The fourth-order valence-corrected chi connectivity index (χ4v) is 2.68. The molecule has 0 saturated carbocycles. The van der Waals surface area contributed by atoms with E-state index in [0.29, 0.717) is 5.75 Å². The number of hydrogen-bond acceptors (Lipinski definition) is 2. The smallest absolute Gasteiger partial charge is 0.119 e. The van der Waals surface area contributed by atoms with E-state index in [2.05, 4.69) is 0 Å². The number of ether oxygens (including phenoxy) is 1. The normalized spacial score (nSPS) is 12.1. The molecule has 0 amide bonds. The average Bonchev–Trinajstić information content (AvgIpc) is 2.40. The number of benzene rings is 2. The molecule has 1 atom stereocenters. The average molecular weight is 246 g/mol. The Morgan fingerprint density at radius 2 is 1.82 bits per heavy atom. The maximum atomic E-state index is 12.1. The van der Waals surface area contributed by atoms with Gasteiger partial charge in [0, 0.05) is 4.90 Å². The van der Waals surface area contributed by atoms with E-state index in [1.54, 1.807) is 7.11 Å². The number of methoxy groups -OCH3 is 1. The van der Waals surface area contributed by atoms with Crippen molar-refractivity contribution in [3.05, 3.63) is 60.2 Å². The molecule has 17 heavy (non-hydrogen) atoms. The van der Waals surface area contributed by atoms with Crippen LogP contribution >= 0.6 is 0 Å². The summed E-state index contributed by atoms with van der Waals surface area (Å²) < 4.78 is 17.2. The van der Waals surface area contributed by atoms with E-state index in [-0.39, 0.29) is 0 Å². The molecule has 0 aromatic heterocycles. The summed E-state index contributed by atoms with van der Waals surface area (Å²) in [6.45, 7) is 0. The first-order valence-corrected chi connectivity index (χ1v) is 6.68. The van der Waals surface area contributed by atoms with Crippen LogP contribution in [0.3, 0.4) is 0 Å². The van der Waals surface area contributed by atoms with Gasteiger partial charge in [-0.05, 0) is 29.8 Å². The van der Waals surface area contributed by atoms with Gasteiger partial charge in [-0.3, -0.25) is 4.21 Å². The molecule has 0 N–H and O–H groups in total. The van der Waals surface area contributed by atoms with E-state index in [1.165, 1.54) is 0 Å². The van der Waals surface area contributed by atoms with Crippen LogP contribution in [0.2, 0.25) is 0 Å². The monoisotopic (exact) mass is 246 g/mol. The van der Waals surface area contributed by atoms with Gasteiger partial charge in [-0.2, -0.15) is 0 Å². The molecule has 2 nitrogen and oxygen atoms in total. The zero-order chi connectivity index (χ0) is 12.1. The second-order valence-corrected chi connectivity index (χ2v) is 5.11. The molecule has 0 saturated heterocycles. The zero-order valence-corrected chi connectivity index (χ0v) is 10.4. The van der Waals surface area contributed by atoms with Gasteiger partial charge in [0.15, 0.2) is 0 Å². The van der Waals surface area contributed by atoms with Gasteiger partial charge in [-0.1, -0.05) is 30.3 Å². The molecule has 0 spiro atoms. The Kier molecular flexibility index (Phi) is 3.94. The predicted molar refractivity (Wildman–Crippen MR) is 69.5 cm³/mol. The Labute approximate surface area is 104 Å². The first-order valence-electron chi connectivity index (χ1n) is 5.36. The second kappa shape index (κ2) is 5.64. The SMILES string of the molecule is COc1cccc(CS(=O)c2ccccc2)c1. The third kappa shape index (κ3) is 3.17. The van der Waals surface area contributed by atoms with Gasteiger partial charge in [0.05, 0.1) is 23.7 Å². The third-order valence-corrected chi connectivity index (χ3v) is 3.83. The molecule has 0 heterocycles. The van der Waals surface area contributed by atoms with Crippen molar-refractivity contribution >= 4 is 10.8 Å². The van der Waals surface area contributed by atoms with Crippen LogP contribution < -0.4 is 4.74 Å². The highest BCUT2D eigenvalue weighted by molar-refractivity contribution is 7.84. The van der Waals surface area contributed by atoms with E-state index in [4.69, 9.17) is 4.74 Å². The van der Waals surface area contributed by atoms with E-state index in [1.807, 2.05) is 54.6 Å². The maximum Gasteiger partial charge on any atom is 0.119 e. The van der Waals surface area contributed by atoms with E-state index >= 15 is 0 Å². The molecule has 0 aliphatic carbocycles. The molecular weight excluding hydrogens is 232 g/mol. The van der Waals surface area contributed by atoms with Crippen molar-refractivity contribution in [3.63, 3.8) is 0 Å². The number of hydrogen-bond donors (Lipinski definition) is 0. The minimum Gasteiger partial charge on any atom is -0.497 e. The Hall–Kier alpha value is -1.61. The molecule has 2 rings (SSSR count). The lowest BCUT2D eigenvalue weighted by atomic mass is 10.2. The van der Waals surface area contributed by atoms with Crippen LogP contribution in [0.5, 0.6) is 5.75 Å². The summed E-state index contributed by atoms with van der Waals surface area (Å²) in [6, 6.07) is 17.2. The van der Waals surface area contributed by atoms with E-state index < -0.39 is 10.8 Å². The first kappa shape index (κ1) is 11.9. The fraction of sp³-hybridized carbons (Fsp3) is 0.143. The maximum absolute atomic E-state index is 12.1. The van der Waals surface area contributed by atoms with Crippen molar-refractivity contribution in [3.8, 4) is 5.75 Å².